The predicted octanol–water partition coefficient (Wildman–Crippen LogP) is 2.70. The molecule has 0 aromatic carbocycles. The van der Waals surface area contributed by atoms with Crippen LogP contribution in [0, 0.1) is 29.1 Å². The third kappa shape index (κ3) is 3.33. The van der Waals surface area contributed by atoms with Crippen LogP contribution in [0.15, 0.2) is 0 Å². The Hall–Kier alpha value is -1.26. The maximum Gasteiger partial charge on any atom is 0.328 e. The molecule has 0 heterocycles. The predicted molar refractivity (Wildman–Crippen MR) is 87.8 cm³/mol. The Balaban J connectivity index is 1.61. The molecule has 4 aliphatic rings. The summed E-state index contributed by atoms with van der Waals surface area (Å²) in [5.74, 6) is 2.64. The lowest BCUT2D eigenvalue weighted by Gasteiger charge is -2.54. The Morgan fingerprint density at radius 3 is 1.96 bits per heavy atom. The van der Waals surface area contributed by atoms with Crippen LogP contribution in [0.1, 0.15) is 52.9 Å². The molecule has 2 amide bonds. The monoisotopic (exact) mass is 322 g/mol. The molecule has 0 aromatic rings. The number of hydrogen-bond donors (Lipinski definition) is 2. The Morgan fingerprint density at radius 2 is 1.52 bits per heavy atom. The molecule has 4 bridgehead atoms. The summed E-state index contributed by atoms with van der Waals surface area (Å²) >= 11 is 0. The smallest absolute Gasteiger partial charge is 0.328 e. The summed E-state index contributed by atoms with van der Waals surface area (Å²) in [5, 5.41) is 6.03. The van der Waals surface area contributed by atoms with Gasteiger partial charge >= 0.3 is 12.0 Å². The summed E-state index contributed by atoms with van der Waals surface area (Å²) in [6.07, 6.45) is 6.45. The third-order valence-electron chi connectivity index (χ3n) is 6.10. The van der Waals surface area contributed by atoms with Gasteiger partial charge in [0.1, 0.15) is 6.04 Å². The summed E-state index contributed by atoms with van der Waals surface area (Å²) in [5.41, 5.74) is -0.380. The zero-order valence-electron chi connectivity index (χ0n) is 14.7. The van der Waals surface area contributed by atoms with Crippen LogP contribution in [0.4, 0.5) is 4.79 Å². The maximum absolute atomic E-state index is 12.5. The van der Waals surface area contributed by atoms with E-state index in [0.717, 1.165) is 11.8 Å². The number of esters is 1. The van der Waals surface area contributed by atoms with Gasteiger partial charge < -0.3 is 15.4 Å². The number of rotatable bonds is 3. The highest BCUT2D eigenvalue weighted by atomic mass is 16.5. The van der Waals surface area contributed by atoms with E-state index in [1.54, 1.807) is 0 Å². The van der Waals surface area contributed by atoms with Crippen molar-refractivity contribution in [1.29, 1.82) is 0 Å². The number of carbonyl (C=O) groups excluding carboxylic acids is 2. The molecule has 5 heteroatoms. The number of hydrogen-bond acceptors (Lipinski definition) is 3. The van der Waals surface area contributed by atoms with Crippen LogP contribution >= 0.6 is 0 Å². The van der Waals surface area contributed by atoms with E-state index in [1.165, 1.54) is 39.2 Å². The van der Waals surface area contributed by atoms with Gasteiger partial charge in [0.25, 0.3) is 0 Å². The molecule has 130 valence electrons. The lowest BCUT2D eigenvalue weighted by atomic mass is 9.54. The average Bonchev–Trinajstić information content (AvgIpc) is 2.46. The maximum atomic E-state index is 12.5. The molecule has 4 aliphatic carbocycles. The number of nitrogens with one attached hydrogen (secondary N) is 2. The van der Waals surface area contributed by atoms with Gasteiger partial charge in [-0.1, -0.05) is 20.8 Å². The van der Waals surface area contributed by atoms with Gasteiger partial charge in [-0.2, -0.15) is 0 Å². The Kier molecular flexibility index (Phi) is 4.32. The molecule has 4 saturated carbocycles. The minimum Gasteiger partial charge on any atom is -0.467 e. The van der Waals surface area contributed by atoms with Crippen molar-refractivity contribution in [2.45, 2.75) is 65.0 Å². The fourth-order valence-electron chi connectivity index (χ4n) is 5.23. The first-order valence-corrected chi connectivity index (χ1v) is 8.92. The Morgan fingerprint density at radius 1 is 1.00 bits per heavy atom. The molecular weight excluding hydrogens is 292 g/mol. The lowest BCUT2D eigenvalue weighted by Crippen LogP contribution is -2.60. The van der Waals surface area contributed by atoms with E-state index in [0.29, 0.717) is 11.8 Å². The van der Waals surface area contributed by atoms with Crippen molar-refractivity contribution in [3.63, 3.8) is 0 Å². The molecule has 0 radical (unpaired) electrons. The zero-order chi connectivity index (χ0) is 16.8. The minimum absolute atomic E-state index is 0.229. The highest BCUT2D eigenvalue weighted by Gasteiger charge is 2.48. The Labute approximate surface area is 138 Å². The van der Waals surface area contributed by atoms with Gasteiger partial charge in [0, 0.05) is 6.04 Å². The average molecular weight is 322 g/mol. The molecule has 4 fully saturated rings. The van der Waals surface area contributed by atoms with Gasteiger partial charge in [-0.05, 0) is 61.2 Å². The van der Waals surface area contributed by atoms with Crippen molar-refractivity contribution in [1.82, 2.24) is 10.6 Å². The molecule has 4 rings (SSSR count). The number of amides is 2. The van der Waals surface area contributed by atoms with Gasteiger partial charge in [0.2, 0.25) is 0 Å². The van der Waals surface area contributed by atoms with Crippen molar-refractivity contribution in [2.24, 2.45) is 29.1 Å². The highest BCUT2D eigenvalue weighted by Crippen LogP contribution is 2.53. The molecule has 0 aliphatic heterocycles. The minimum atomic E-state index is -0.635. The normalized spacial score (nSPS) is 36.4. The molecule has 2 N–H and O–H groups in total. The quantitative estimate of drug-likeness (QED) is 0.785. The second-order valence-corrected chi connectivity index (χ2v) is 8.90. The van der Waals surface area contributed by atoms with Crippen LogP contribution in [0.25, 0.3) is 0 Å². The fraction of sp³-hybridized carbons (Fsp3) is 0.889. The van der Waals surface area contributed by atoms with Gasteiger partial charge in [-0.25, -0.2) is 9.59 Å². The van der Waals surface area contributed by atoms with Crippen molar-refractivity contribution in [3.05, 3.63) is 0 Å². The highest BCUT2D eigenvalue weighted by molar-refractivity contribution is 5.84. The summed E-state index contributed by atoms with van der Waals surface area (Å²) < 4.78 is 4.84. The second-order valence-electron chi connectivity index (χ2n) is 8.90. The van der Waals surface area contributed by atoms with Crippen LogP contribution in [-0.2, 0) is 9.53 Å². The van der Waals surface area contributed by atoms with Gasteiger partial charge in [0.05, 0.1) is 7.11 Å². The SMILES string of the molecule is COC(=O)[C@@H](NC(=O)NC1C2CC3CC(C2)CC1C3)C(C)(C)C. The first kappa shape index (κ1) is 16.6. The topological polar surface area (TPSA) is 67.4 Å². The number of ether oxygens (including phenoxy) is 1. The lowest BCUT2D eigenvalue weighted by molar-refractivity contribution is -0.145. The van der Waals surface area contributed by atoms with Crippen molar-refractivity contribution < 1.29 is 14.3 Å². The van der Waals surface area contributed by atoms with E-state index >= 15 is 0 Å². The number of urea groups is 1. The first-order chi connectivity index (χ1) is 10.8. The van der Waals surface area contributed by atoms with E-state index < -0.39 is 12.0 Å². The summed E-state index contributed by atoms with van der Waals surface area (Å²) in [6.45, 7) is 5.78. The molecule has 23 heavy (non-hydrogen) atoms. The van der Waals surface area contributed by atoms with Crippen LogP contribution in [0.2, 0.25) is 0 Å². The van der Waals surface area contributed by atoms with E-state index in [1.807, 2.05) is 20.8 Å². The van der Waals surface area contributed by atoms with Gasteiger partial charge in [-0.15, -0.1) is 0 Å². The number of carbonyl (C=O) groups is 2. The van der Waals surface area contributed by atoms with Crippen molar-refractivity contribution in [3.8, 4) is 0 Å². The van der Waals surface area contributed by atoms with E-state index in [-0.39, 0.29) is 17.5 Å². The number of methoxy groups -OCH3 is 1. The van der Waals surface area contributed by atoms with Crippen LogP contribution in [0.5, 0.6) is 0 Å². The summed E-state index contributed by atoms with van der Waals surface area (Å²) in [6, 6.07) is -0.585. The van der Waals surface area contributed by atoms with Crippen molar-refractivity contribution >= 4 is 12.0 Å². The van der Waals surface area contributed by atoms with Gasteiger partial charge in [-0.3, -0.25) is 0 Å². The molecular formula is C18H30N2O3. The van der Waals surface area contributed by atoms with Crippen LogP contribution in [-0.4, -0.2) is 31.2 Å². The largest absolute Gasteiger partial charge is 0.467 e. The van der Waals surface area contributed by atoms with E-state index in [9.17, 15) is 9.59 Å². The van der Waals surface area contributed by atoms with Crippen molar-refractivity contribution in [2.75, 3.05) is 7.11 Å². The molecule has 0 aromatic heterocycles. The fourth-order valence-corrected chi connectivity index (χ4v) is 5.23. The van der Waals surface area contributed by atoms with E-state index in [4.69, 9.17) is 4.74 Å². The third-order valence-corrected chi connectivity index (χ3v) is 6.10. The summed E-state index contributed by atoms with van der Waals surface area (Å²) in [7, 11) is 1.36. The molecule has 5 nitrogen and oxygen atoms in total. The Bertz CT molecular complexity index is 455. The van der Waals surface area contributed by atoms with Gasteiger partial charge in [0.15, 0.2) is 0 Å². The van der Waals surface area contributed by atoms with E-state index in [2.05, 4.69) is 10.6 Å². The zero-order valence-corrected chi connectivity index (χ0v) is 14.7. The first-order valence-electron chi connectivity index (χ1n) is 8.92. The standard InChI is InChI=1S/C18H30N2O3/c1-18(2,3)15(16(21)23-4)20-17(22)19-14-12-6-10-5-11(8-12)9-13(14)7-10/h10-15H,5-9H2,1-4H3,(H2,19,20,22)/t10?,11?,12?,13?,14?,15-/m1/s1. The molecule has 1 atom stereocenters. The second kappa shape index (κ2) is 5.99. The molecule has 0 saturated heterocycles. The van der Waals surface area contributed by atoms with Crippen LogP contribution < -0.4 is 10.6 Å². The molecule has 0 spiro atoms. The van der Waals surface area contributed by atoms with Crippen LogP contribution in [0.3, 0.4) is 0 Å². The molecule has 0 unspecified atom stereocenters. The summed E-state index contributed by atoms with van der Waals surface area (Å²) in [4.78, 5) is 24.4.